The summed E-state index contributed by atoms with van der Waals surface area (Å²) in [6.07, 6.45) is 3.15. The number of aryl methyl sites for hydroxylation is 1. The number of esters is 1. The second kappa shape index (κ2) is 6.00. The number of aromatic nitrogens is 4. The van der Waals surface area contributed by atoms with Crippen LogP contribution in [0.3, 0.4) is 0 Å². The number of ether oxygens (including phenoxy) is 1. The highest BCUT2D eigenvalue weighted by Gasteiger charge is 2.14. The molecule has 0 aliphatic rings. The average Bonchev–Trinajstić information content (AvgIpc) is 2.93. The number of nitrogens with one attached hydrogen (secondary N) is 1. The van der Waals surface area contributed by atoms with Gasteiger partial charge >= 0.3 is 5.97 Å². The van der Waals surface area contributed by atoms with Crippen molar-refractivity contribution in [1.82, 2.24) is 19.7 Å². The lowest BCUT2D eigenvalue weighted by molar-refractivity contribution is 0.0602. The number of methoxy groups -OCH3 is 1. The van der Waals surface area contributed by atoms with Crippen LogP contribution in [-0.2, 0) is 17.8 Å². The second-order valence-electron chi connectivity index (χ2n) is 4.00. The van der Waals surface area contributed by atoms with Crippen LogP contribution in [0, 0.1) is 0 Å². The summed E-state index contributed by atoms with van der Waals surface area (Å²) >= 11 is 0. The van der Waals surface area contributed by atoms with Gasteiger partial charge in [0, 0.05) is 12.7 Å². The quantitative estimate of drug-likeness (QED) is 0.773. The van der Waals surface area contributed by atoms with Gasteiger partial charge in [-0.2, -0.15) is 0 Å². The van der Waals surface area contributed by atoms with Crippen LogP contribution >= 0.6 is 0 Å². The maximum atomic E-state index is 11.5. The number of rotatable bonds is 5. The molecule has 0 amide bonds. The zero-order chi connectivity index (χ0) is 14.5. The van der Waals surface area contributed by atoms with Crippen molar-refractivity contribution in [2.24, 2.45) is 0 Å². The number of anilines is 2. The van der Waals surface area contributed by atoms with Crippen LogP contribution in [0.15, 0.2) is 18.6 Å². The number of hydrogen-bond acceptors (Lipinski definition) is 7. The largest absolute Gasteiger partial charge is 0.465 e. The molecule has 3 N–H and O–H groups in total. The van der Waals surface area contributed by atoms with Crippen LogP contribution < -0.4 is 11.1 Å². The van der Waals surface area contributed by atoms with Gasteiger partial charge in [-0.1, -0.05) is 0 Å². The zero-order valence-electron chi connectivity index (χ0n) is 11.3. The number of pyridine rings is 1. The number of carbonyl (C=O) groups excluding carboxylic acids is 1. The number of nitrogen functional groups attached to an aromatic ring is 1. The molecule has 106 valence electrons. The molecule has 0 aromatic carbocycles. The molecule has 2 heterocycles. The number of hydrogen-bond donors (Lipinski definition) is 2. The van der Waals surface area contributed by atoms with E-state index in [1.54, 1.807) is 6.33 Å². The van der Waals surface area contributed by atoms with Gasteiger partial charge in [0.15, 0.2) is 5.82 Å². The van der Waals surface area contributed by atoms with E-state index in [0.29, 0.717) is 12.4 Å². The molecular formula is C12H16N6O2. The molecule has 20 heavy (non-hydrogen) atoms. The van der Waals surface area contributed by atoms with E-state index in [1.807, 2.05) is 11.5 Å². The lowest BCUT2D eigenvalue weighted by Crippen LogP contribution is -2.12. The van der Waals surface area contributed by atoms with Crippen LogP contribution in [-0.4, -0.2) is 32.8 Å². The first kappa shape index (κ1) is 13.8. The summed E-state index contributed by atoms with van der Waals surface area (Å²) in [6.45, 7) is 3.18. The van der Waals surface area contributed by atoms with Gasteiger partial charge in [0.2, 0.25) is 0 Å². The number of nitrogens with two attached hydrogens (primary N) is 1. The van der Waals surface area contributed by atoms with E-state index >= 15 is 0 Å². The Morgan fingerprint density at radius 3 is 3.05 bits per heavy atom. The van der Waals surface area contributed by atoms with Gasteiger partial charge in [-0.25, -0.2) is 9.78 Å². The molecule has 0 aliphatic carbocycles. The first-order valence-electron chi connectivity index (χ1n) is 6.10. The zero-order valence-corrected chi connectivity index (χ0v) is 11.3. The van der Waals surface area contributed by atoms with Crippen molar-refractivity contribution in [2.45, 2.75) is 20.0 Å². The molecule has 2 rings (SSSR count). The highest BCUT2D eigenvalue weighted by atomic mass is 16.5. The van der Waals surface area contributed by atoms with Gasteiger partial charge in [0.25, 0.3) is 0 Å². The standard InChI is InChI=1S/C12H16N6O2/c1-3-18-7-16-17-9(18)6-15-11-10(13)8(4-5-14-11)12(19)20-2/h4-5,7H,3,6,13H2,1-2H3,(H,14,15). The Morgan fingerprint density at radius 1 is 1.55 bits per heavy atom. The van der Waals surface area contributed by atoms with Crippen molar-refractivity contribution < 1.29 is 9.53 Å². The third kappa shape index (κ3) is 2.68. The SMILES string of the molecule is CCn1cnnc1CNc1nccc(C(=O)OC)c1N. The molecule has 0 saturated carbocycles. The van der Waals surface area contributed by atoms with Crippen molar-refractivity contribution in [3.8, 4) is 0 Å². The summed E-state index contributed by atoms with van der Waals surface area (Å²) in [7, 11) is 1.30. The molecule has 0 unspecified atom stereocenters. The fraction of sp³-hybridized carbons (Fsp3) is 0.333. The summed E-state index contributed by atoms with van der Waals surface area (Å²) in [6, 6.07) is 1.51. The van der Waals surface area contributed by atoms with Crippen LogP contribution in [0.2, 0.25) is 0 Å². The minimum atomic E-state index is -0.496. The van der Waals surface area contributed by atoms with Crippen molar-refractivity contribution >= 4 is 17.5 Å². The van der Waals surface area contributed by atoms with E-state index in [-0.39, 0.29) is 11.3 Å². The van der Waals surface area contributed by atoms with Crippen molar-refractivity contribution in [1.29, 1.82) is 0 Å². The fourth-order valence-corrected chi connectivity index (χ4v) is 1.74. The van der Waals surface area contributed by atoms with Gasteiger partial charge < -0.3 is 20.4 Å². The van der Waals surface area contributed by atoms with Crippen molar-refractivity contribution in [2.75, 3.05) is 18.2 Å². The number of carbonyl (C=O) groups is 1. The molecule has 0 bridgehead atoms. The lowest BCUT2D eigenvalue weighted by Gasteiger charge is -2.10. The van der Waals surface area contributed by atoms with Gasteiger partial charge in [0.05, 0.1) is 24.9 Å². The third-order valence-electron chi connectivity index (χ3n) is 2.85. The Kier molecular flexibility index (Phi) is 4.14. The highest BCUT2D eigenvalue weighted by Crippen LogP contribution is 2.21. The first-order valence-corrected chi connectivity index (χ1v) is 6.10. The van der Waals surface area contributed by atoms with E-state index in [1.165, 1.54) is 19.4 Å². The first-order chi connectivity index (χ1) is 9.67. The van der Waals surface area contributed by atoms with Gasteiger partial charge in [-0.3, -0.25) is 0 Å². The molecule has 8 nitrogen and oxygen atoms in total. The van der Waals surface area contributed by atoms with Crippen LogP contribution in [0.1, 0.15) is 23.1 Å². The molecule has 0 atom stereocenters. The van der Waals surface area contributed by atoms with Gasteiger partial charge in [0.1, 0.15) is 12.1 Å². The van der Waals surface area contributed by atoms with Crippen LogP contribution in [0.25, 0.3) is 0 Å². The molecule has 0 aliphatic heterocycles. The Labute approximate surface area is 116 Å². The summed E-state index contributed by atoms with van der Waals surface area (Å²) in [5.41, 5.74) is 6.43. The van der Waals surface area contributed by atoms with Gasteiger partial charge in [-0.05, 0) is 13.0 Å². The van der Waals surface area contributed by atoms with E-state index in [0.717, 1.165) is 12.4 Å². The summed E-state index contributed by atoms with van der Waals surface area (Å²) in [5, 5.41) is 10.9. The van der Waals surface area contributed by atoms with Crippen molar-refractivity contribution in [3.63, 3.8) is 0 Å². The lowest BCUT2D eigenvalue weighted by atomic mass is 10.2. The predicted octanol–water partition coefficient (Wildman–Crippen LogP) is 0.674. The molecule has 8 heteroatoms. The number of nitrogens with zero attached hydrogens (tertiary/aromatic N) is 4. The van der Waals surface area contributed by atoms with E-state index in [2.05, 4.69) is 25.2 Å². The molecule has 2 aromatic rings. The minimum absolute atomic E-state index is 0.252. The molecule has 0 fully saturated rings. The van der Waals surface area contributed by atoms with E-state index in [4.69, 9.17) is 5.73 Å². The van der Waals surface area contributed by atoms with E-state index < -0.39 is 5.97 Å². The summed E-state index contributed by atoms with van der Waals surface area (Å²) in [5.74, 6) is 0.681. The van der Waals surface area contributed by atoms with Crippen molar-refractivity contribution in [3.05, 3.63) is 30.0 Å². The molecule has 0 saturated heterocycles. The topological polar surface area (TPSA) is 108 Å². The summed E-state index contributed by atoms with van der Waals surface area (Å²) in [4.78, 5) is 15.6. The maximum absolute atomic E-state index is 11.5. The smallest absolute Gasteiger partial charge is 0.340 e. The average molecular weight is 276 g/mol. The van der Waals surface area contributed by atoms with E-state index in [9.17, 15) is 4.79 Å². The normalized spacial score (nSPS) is 10.3. The monoisotopic (exact) mass is 276 g/mol. The van der Waals surface area contributed by atoms with Gasteiger partial charge in [-0.15, -0.1) is 10.2 Å². The fourth-order valence-electron chi connectivity index (χ4n) is 1.74. The predicted molar refractivity (Wildman–Crippen MR) is 73.0 cm³/mol. The van der Waals surface area contributed by atoms with Crippen LogP contribution in [0.5, 0.6) is 0 Å². The molecule has 2 aromatic heterocycles. The molecule has 0 radical (unpaired) electrons. The second-order valence-corrected chi connectivity index (χ2v) is 4.00. The Balaban J connectivity index is 2.16. The third-order valence-corrected chi connectivity index (χ3v) is 2.85. The minimum Gasteiger partial charge on any atom is -0.465 e. The highest BCUT2D eigenvalue weighted by molar-refractivity contribution is 5.97. The van der Waals surface area contributed by atoms with Crippen LogP contribution in [0.4, 0.5) is 11.5 Å². The Morgan fingerprint density at radius 2 is 2.35 bits per heavy atom. The Hall–Kier alpha value is -2.64. The molecular weight excluding hydrogens is 260 g/mol. The Bertz CT molecular complexity index is 610. The summed E-state index contributed by atoms with van der Waals surface area (Å²) < 4.78 is 6.55. The maximum Gasteiger partial charge on any atom is 0.340 e. The molecule has 0 spiro atoms.